The number of unbranched alkanes of at least 4 members (excludes halogenated alkanes) is 1. The van der Waals surface area contributed by atoms with Gasteiger partial charge in [0.05, 0.1) is 17.9 Å². The number of anilines is 1. The van der Waals surface area contributed by atoms with E-state index in [1.807, 2.05) is 36.4 Å². The summed E-state index contributed by atoms with van der Waals surface area (Å²) >= 11 is 1.71. The first-order valence-corrected chi connectivity index (χ1v) is 8.31. The molecule has 1 aromatic carbocycles. The monoisotopic (exact) mass is 314 g/mol. The van der Waals surface area contributed by atoms with Gasteiger partial charge in [0.2, 0.25) is 0 Å². The van der Waals surface area contributed by atoms with Crippen LogP contribution in [0.15, 0.2) is 47.5 Å². The Hall–Kier alpha value is -2.01. The largest absolute Gasteiger partial charge is 0.462 e. The van der Waals surface area contributed by atoms with Crippen LogP contribution in [0.1, 0.15) is 41.2 Å². The molecule has 2 heterocycles. The molecule has 0 radical (unpaired) electrons. The van der Waals surface area contributed by atoms with E-state index in [4.69, 9.17) is 4.74 Å². The van der Waals surface area contributed by atoms with E-state index in [1.165, 1.54) is 0 Å². The number of ether oxygens (including phenoxy) is 1. The van der Waals surface area contributed by atoms with Crippen molar-refractivity contribution in [3.8, 4) is 0 Å². The number of esters is 1. The summed E-state index contributed by atoms with van der Waals surface area (Å²) in [7, 11) is 0. The second kappa shape index (κ2) is 6.83. The lowest BCUT2D eigenvalue weighted by molar-refractivity contribution is 0.0499. The molecular weight excluding hydrogens is 296 g/mol. The molecule has 2 aromatic rings. The molecule has 0 saturated carbocycles. The number of benzene rings is 1. The third-order valence-corrected chi connectivity index (χ3v) is 4.64. The molecule has 0 amide bonds. The summed E-state index contributed by atoms with van der Waals surface area (Å²) in [5, 5.41) is 3.49. The minimum Gasteiger partial charge on any atom is -0.462 e. The van der Waals surface area contributed by atoms with Crippen LogP contribution in [0.2, 0.25) is 0 Å². The van der Waals surface area contributed by atoms with Gasteiger partial charge >= 0.3 is 5.97 Å². The number of hydrogen-bond donors (Lipinski definition) is 1. The minimum absolute atomic E-state index is 0.0857. The number of hydrogen-bond acceptors (Lipinski definition) is 5. The molecule has 22 heavy (non-hydrogen) atoms. The quantitative estimate of drug-likeness (QED) is 0.660. The molecule has 1 aliphatic rings. The SMILES string of the molecule is CCCCOC(=O)c1ccc2c(c1)NC(c1ccccn1)S2. The van der Waals surface area contributed by atoms with Crippen LogP contribution in [0.5, 0.6) is 0 Å². The van der Waals surface area contributed by atoms with Gasteiger partial charge in [0, 0.05) is 16.8 Å². The highest BCUT2D eigenvalue weighted by molar-refractivity contribution is 8.00. The molecule has 0 aliphatic carbocycles. The molecule has 5 heteroatoms. The number of nitrogens with one attached hydrogen (secondary N) is 1. The first-order valence-electron chi connectivity index (χ1n) is 7.43. The number of rotatable bonds is 5. The fourth-order valence-corrected chi connectivity index (χ4v) is 3.32. The van der Waals surface area contributed by atoms with E-state index in [-0.39, 0.29) is 11.3 Å². The molecule has 0 saturated heterocycles. The van der Waals surface area contributed by atoms with E-state index in [0.717, 1.165) is 29.1 Å². The highest BCUT2D eigenvalue weighted by Crippen LogP contribution is 2.46. The van der Waals surface area contributed by atoms with Crippen molar-refractivity contribution in [1.29, 1.82) is 0 Å². The molecule has 0 bridgehead atoms. The zero-order valence-corrected chi connectivity index (χ0v) is 13.2. The number of nitrogens with zero attached hydrogens (tertiary/aromatic N) is 1. The van der Waals surface area contributed by atoms with E-state index in [9.17, 15) is 4.79 Å². The fourth-order valence-electron chi connectivity index (χ4n) is 2.23. The standard InChI is InChI=1S/C17H18N2O2S/c1-2-3-10-21-17(20)12-7-8-15-14(11-12)19-16(22-15)13-6-4-5-9-18-13/h4-9,11,16,19H,2-3,10H2,1H3. The van der Waals surface area contributed by atoms with Gasteiger partial charge in [-0.25, -0.2) is 4.79 Å². The van der Waals surface area contributed by atoms with Gasteiger partial charge in [0.15, 0.2) is 0 Å². The van der Waals surface area contributed by atoms with E-state index in [2.05, 4.69) is 17.2 Å². The van der Waals surface area contributed by atoms with Gasteiger partial charge in [-0.05, 0) is 36.8 Å². The number of carbonyl (C=O) groups excluding carboxylic acids is 1. The zero-order chi connectivity index (χ0) is 15.4. The lowest BCUT2D eigenvalue weighted by atomic mass is 10.2. The van der Waals surface area contributed by atoms with E-state index < -0.39 is 0 Å². The number of carbonyl (C=O) groups is 1. The van der Waals surface area contributed by atoms with Gasteiger partial charge in [-0.15, -0.1) is 0 Å². The van der Waals surface area contributed by atoms with Crippen LogP contribution in [0.4, 0.5) is 5.69 Å². The Morgan fingerprint density at radius 2 is 2.27 bits per heavy atom. The Morgan fingerprint density at radius 3 is 3.05 bits per heavy atom. The third kappa shape index (κ3) is 3.25. The minimum atomic E-state index is -0.260. The third-order valence-electron chi connectivity index (χ3n) is 3.43. The lowest BCUT2D eigenvalue weighted by Crippen LogP contribution is -2.07. The Kier molecular flexibility index (Phi) is 4.63. The molecule has 1 aromatic heterocycles. The van der Waals surface area contributed by atoms with Crippen LogP contribution in [-0.2, 0) is 4.74 Å². The zero-order valence-electron chi connectivity index (χ0n) is 12.4. The molecular formula is C17H18N2O2S. The van der Waals surface area contributed by atoms with Gasteiger partial charge < -0.3 is 10.1 Å². The first-order chi connectivity index (χ1) is 10.8. The predicted octanol–water partition coefficient (Wildman–Crippen LogP) is 4.25. The fraction of sp³-hybridized carbons (Fsp3) is 0.294. The molecule has 114 valence electrons. The maximum atomic E-state index is 12.0. The number of thioether (sulfide) groups is 1. The van der Waals surface area contributed by atoms with Crippen molar-refractivity contribution in [1.82, 2.24) is 4.98 Å². The van der Waals surface area contributed by atoms with Gasteiger partial charge in [0.25, 0.3) is 0 Å². The summed E-state index contributed by atoms with van der Waals surface area (Å²) in [5.74, 6) is -0.260. The molecule has 1 unspecified atom stereocenters. The molecule has 0 fully saturated rings. The van der Waals surface area contributed by atoms with E-state index >= 15 is 0 Å². The van der Waals surface area contributed by atoms with Crippen molar-refractivity contribution >= 4 is 23.4 Å². The molecule has 1 aliphatic heterocycles. The van der Waals surface area contributed by atoms with E-state index in [0.29, 0.717) is 12.2 Å². The Bertz CT molecular complexity index is 661. The number of aromatic nitrogens is 1. The van der Waals surface area contributed by atoms with Crippen molar-refractivity contribution in [2.75, 3.05) is 11.9 Å². The Balaban J connectivity index is 1.70. The van der Waals surface area contributed by atoms with Crippen molar-refractivity contribution in [3.05, 3.63) is 53.9 Å². The average molecular weight is 314 g/mol. The molecule has 0 spiro atoms. The number of pyridine rings is 1. The predicted molar refractivity (Wildman–Crippen MR) is 88.1 cm³/mol. The highest BCUT2D eigenvalue weighted by atomic mass is 32.2. The molecule has 1 atom stereocenters. The van der Waals surface area contributed by atoms with Gasteiger partial charge in [-0.1, -0.05) is 31.2 Å². The second-order valence-electron chi connectivity index (χ2n) is 5.10. The van der Waals surface area contributed by atoms with Crippen molar-refractivity contribution < 1.29 is 9.53 Å². The maximum absolute atomic E-state index is 12.0. The van der Waals surface area contributed by atoms with Crippen LogP contribution < -0.4 is 5.32 Å². The van der Waals surface area contributed by atoms with Crippen LogP contribution >= 0.6 is 11.8 Å². The summed E-state index contributed by atoms with van der Waals surface area (Å²) < 4.78 is 5.25. The van der Waals surface area contributed by atoms with E-state index in [1.54, 1.807) is 18.0 Å². The van der Waals surface area contributed by atoms with Crippen molar-refractivity contribution in [3.63, 3.8) is 0 Å². The van der Waals surface area contributed by atoms with Gasteiger partial charge in [0.1, 0.15) is 5.37 Å². The highest BCUT2D eigenvalue weighted by Gasteiger charge is 2.24. The average Bonchev–Trinajstić information content (AvgIpc) is 2.99. The summed E-state index contributed by atoms with van der Waals surface area (Å²) in [6, 6.07) is 11.5. The summed E-state index contributed by atoms with van der Waals surface area (Å²) in [4.78, 5) is 17.5. The summed E-state index contributed by atoms with van der Waals surface area (Å²) in [5.41, 5.74) is 2.53. The lowest BCUT2D eigenvalue weighted by Gasteiger charge is -2.09. The van der Waals surface area contributed by atoms with Gasteiger partial charge in [-0.3, -0.25) is 4.98 Å². The van der Waals surface area contributed by atoms with Gasteiger partial charge in [-0.2, -0.15) is 0 Å². The summed E-state index contributed by atoms with van der Waals surface area (Å²) in [6.07, 6.45) is 3.70. The van der Waals surface area contributed by atoms with Crippen LogP contribution in [0.25, 0.3) is 0 Å². The van der Waals surface area contributed by atoms with Crippen molar-refractivity contribution in [2.45, 2.75) is 30.0 Å². The van der Waals surface area contributed by atoms with Crippen LogP contribution in [0, 0.1) is 0 Å². The smallest absolute Gasteiger partial charge is 0.338 e. The maximum Gasteiger partial charge on any atom is 0.338 e. The second-order valence-corrected chi connectivity index (χ2v) is 6.24. The Morgan fingerprint density at radius 1 is 1.36 bits per heavy atom. The van der Waals surface area contributed by atoms with Crippen LogP contribution in [-0.4, -0.2) is 17.6 Å². The van der Waals surface area contributed by atoms with Crippen molar-refractivity contribution in [2.24, 2.45) is 0 Å². The first kappa shape index (κ1) is 14.9. The molecule has 3 rings (SSSR count). The summed E-state index contributed by atoms with van der Waals surface area (Å²) in [6.45, 7) is 2.55. The topological polar surface area (TPSA) is 51.2 Å². The molecule has 1 N–H and O–H groups in total. The normalized spacial score (nSPS) is 16.0. The Labute approximate surface area is 134 Å². The number of fused-ring (bicyclic) bond motifs is 1. The molecule has 4 nitrogen and oxygen atoms in total. The van der Waals surface area contributed by atoms with Crippen LogP contribution in [0.3, 0.4) is 0 Å².